The van der Waals surface area contributed by atoms with Gasteiger partial charge in [-0.2, -0.15) is 0 Å². The van der Waals surface area contributed by atoms with E-state index in [-0.39, 0.29) is 18.2 Å². The predicted octanol–water partition coefficient (Wildman–Crippen LogP) is 2.06. The van der Waals surface area contributed by atoms with Crippen molar-refractivity contribution < 1.29 is 9.47 Å². The molecular formula is C14H22N2O2. The van der Waals surface area contributed by atoms with Crippen LogP contribution >= 0.6 is 0 Å². The topological polar surface area (TPSA) is 57.4 Å². The average molecular weight is 250 g/mol. The summed E-state index contributed by atoms with van der Waals surface area (Å²) in [7, 11) is 0. The molecule has 0 spiro atoms. The number of nitrogens with two attached hydrogens (primary N) is 1. The molecule has 100 valence electrons. The number of rotatable bonds is 6. The molecule has 4 nitrogen and oxygen atoms in total. The Morgan fingerprint density at radius 3 is 3.11 bits per heavy atom. The van der Waals surface area contributed by atoms with Crippen LogP contribution in [0.15, 0.2) is 24.5 Å². The third kappa shape index (κ3) is 3.51. The first-order valence-electron chi connectivity index (χ1n) is 6.70. The molecule has 1 aromatic rings. The first-order valence-corrected chi connectivity index (χ1v) is 6.70. The molecule has 3 unspecified atom stereocenters. The summed E-state index contributed by atoms with van der Waals surface area (Å²) >= 11 is 0. The zero-order valence-corrected chi connectivity index (χ0v) is 10.9. The molecule has 0 amide bonds. The van der Waals surface area contributed by atoms with Crippen LogP contribution in [-0.4, -0.2) is 30.3 Å². The first kappa shape index (κ1) is 13.5. The highest BCUT2D eigenvalue weighted by molar-refractivity contribution is 5.14. The molecule has 1 saturated heterocycles. The van der Waals surface area contributed by atoms with Gasteiger partial charge in [0.15, 0.2) is 0 Å². The number of nitrogens with zero attached hydrogens (tertiary/aromatic N) is 1. The first-order chi connectivity index (χ1) is 8.81. The lowest BCUT2D eigenvalue weighted by Gasteiger charge is -2.25. The number of aromatic nitrogens is 1. The second-order valence-electron chi connectivity index (χ2n) is 4.75. The highest BCUT2D eigenvalue weighted by Gasteiger charge is 2.23. The quantitative estimate of drug-likeness (QED) is 0.839. The Morgan fingerprint density at radius 1 is 1.61 bits per heavy atom. The minimum atomic E-state index is -0.0899. The summed E-state index contributed by atoms with van der Waals surface area (Å²) in [5.41, 5.74) is 7.19. The Labute approximate surface area is 108 Å². The summed E-state index contributed by atoms with van der Waals surface area (Å²) in [5, 5.41) is 0. The summed E-state index contributed by atoms with van der Waals surface area (Å²) in [4.78, 5) is 4.14. The van der Waals surface area contributed by atoms with Gasteiger partial charge in [0.2, 0.25) is 0 Å². The minimum absolute atomic E-state index is 0.00407. The van der Waals surface area contributed by atoms with Gasteiger partial charge in [0, 0.05) is 30.6 Å². The van der Waals surface area contributed by atoms with Crippen molar-refractivity contribution in [2.24, 2.45) is 5.73 Å². The molecule has 4 heteroatoms. The van der Waals surface area contributed by atoms with E-state index < -0.39 is 0 Å². The lowest BCUT2D eigenvalue weighted by molar-refractivity contribution is -0.0311. The highest BCUT2D eigenvalue weighted by Crippen LogP contribution is 2.23. The predicted molar refractivity (Wildman–Crippen MR) is 70.2 cm³/mol. The van der Waals surface area contributed by atoms with Gasteiger partial charge < -0.3 is 15.2 Å². The van der Waals surface area contributed by atoms with E-state index in [1.54, 1.807) is 6.20 Å². The van der Waals surface area contributed by atoms with Crippen LogP contribution in [0.25, 0.3) is 0 Å². The fourth-order valence-electron chi connectivity index (χ4n) is 2.21. The maximum Gasteiger partial charge on any atom is 0.0991 e. The second-order valence-corrected chi connectivity index (χ2v) is 4.75. The molecule has 2 N–H and O–H groups in total. The summed E-state index contributed by atoms with van der Waals surface area (Å²) in [5.74, 6) is 0. The number of hydrogen-bond acceptors (Lipinski definition) is 4. The lowest BCUT2D eigenvalue weighted by atomic mass is 10.0. The molecule has 3 atom stereocenters. The molecule has 0 aromatic carbocycles. The van der Waals surface area contributed by atoms with Crippen LogP contribution in [0.4, 0.5) is 0 Å². The monoisotopic (exact) mass is 250 g/mol. The third-order valence-electron chi connectivity index (χ3n) is 3.36. The van der Waals surface area contributed by atoms with Gasteiger partial charge in [0.25, 0.3) is 0 Å². The van der Waals surface area contributed by atoms with Gasteiger partial charge in [-0.25, -0.2) is 0 Å². The summed E-state index contributed by atoms with van der Waals surface area (Å²) in [6.07, 6.45) is 6.83. The number of pyridine rings is 1. The van der Waals surface area contributed by atoms with Crippen LogP contribution in [0, 0.1) is 0 Å². The Morgan fingerprint density at radius 2 is 2.50 bits per heavy atom. The lowest BCUT2D eigenvalue weighted by Crippen LogP contribution is -2.31. The van der Waals surface area contributed by atoms with Gasteiger partial charge >= 0.3 is 0 Å². The van der Waals surface area contributed by atoms with Crippen molar-refractivity contribution in [2.75, 3.05) is 13.2 Å². The molecule has 2 rings (SSSR count). The van der Waals surface area contributed by atoms with Crippen LogP contribution < -0.4 is 5.73 Å². The molecule has 0 aliphatic carbocycles. The Kier molecular flexibility index (Phi) is 5.11. The fourth-order valence-corrected chi connectivity index (χ4v) is 2.21. The second kappa shape index (κ2) is 6.83. The largest absolute Gasteiger partial charge is 0.376 e. The number of ether oxygens (including phenoxy) is 2. The summed E-state index contributed by atoms with van der Waals surface area (Å²) in [6.45, 7) is 3.54. The highest BCUT2D eigenvalue weighted by atomic mass is 16.5. The summed E-state index contributed by atoms with van der Waals surface area (Å²) in [6, 6.07) is 3.93. The molecule has 0 saturated carbocycles. The van der Waals surface area contributed by atoms with Crippen molar-refractivity contribution in [1.82, 2.24) is 4.98 Å². The van der Waals surface area contributed by atoms with E-state index in [0.29, 0.717) is 6.61 Å². The normalized spacial score (nSPS) is 22.9. The van der Waals surface area contributed by atoms with Gasteiger partial charge in [-0.15, -0.1) is 0 Å². The third-order valence-corrected chi connectivity index (χ3v) is 3.36. The van der Waals surface area contributed by atoms with Crippen molar-refractivity contribution in [2.45, 2.75) is 44.4 Å². The van der Waals surface area contributed by atoms with Gasteiger partial charge in [0.1, 0.15) is 0 Å². The Balaban J connectivity index is 1.96. The smallest absolute Gasteiger partial charge is 0.0991 e. The molecular weight excluding hydrogens is 228 g/mol. The molecule has 1 fully saturated rings. The van der Waals surface area contributed by atoms with Crippen molar-refractivity contribution >= 4 is 0 Å². The number of hydrogen-bond donors (Lipinski definition) is 1. The van der Waals surface area contributed by atoms with E-state index in [0.717, 1.165) is 31.4 Å². The van der Waals surface area contributed by atoms with E-state index >= 15 is 0 Å². The molecule has 1 aliphatic rings. The molecule has 0 radical (unpaired) electrons. The average Bonchev–Trinajstić information content (AvgIpc) is 2.93. The molecule has 2 heterocycles. The molecule has 1 aliphatic heterocycles. The standard InChI is InChI=1S/C14H22N2O2/c1-2-13(15)14(11-5-3-7-16-9-11)18-10-12-6-4-8-17-12/h3,5,7,9,12-14H,2,4,6,8,10,15H2,1H3. The van der Waals surface area contributed by atoms with Crippen molar-refractivity contribution in [3.8, 4) is 0 Å². The maximum absolute atomic E-state index is 6.14. The SMILES string of the molecule is CCC(N)C(OCC1CCCO1)c1cccnc1. The van der Waals surface area contributed by atoms with E-state index in [2.05, 4.69) is 11.9 Å². The zero-order chi connectivity index (χ0) is 12.8. The van der Waals surface area contributed by atoms with E-state index in [9.17, 15) is 0 Å². The van der Waals surface area contributed by atoms with Crippen molar-refractivity contribution in [3.63, 3.8) is 0 Å². The maximum atomic E-state index is 6.14. The van der Waals surface area contributed by atoms with E-state index in [1.807, 2.05) is 18.3 Å². The summed E-state index contributed by atoms with van der Waals surface area (Å²) < 4.78 is 11.5. The minimum Gasteiger partial charge on any atom is -0.376 e. The van der Waals surface area contributed by atoms with Crippen LogP contribution in [-0.2, 0) is 9.47 Å². The Hall–Kier alpha value is -0.970. The van der Waals surface area contributed by atoms with Crippen LogP contribution in [0.5, 0.6) is 0 Å². The van der Waals surface area contributed by atoms with E-state index in [4.69, 9.17) is 15.2 Å². The van der Waals surface area contributed by atoms with Crippen molar-refractivity contribution in [3.05, 3.63) is 30.1 Å². The van der Waals surface area contributed by atoms with Gasteiger partial charge in [0.05, 0.1) is 18.8 Å². The van der Waals surface area contributed by atoms with Gasteiger partial charge in [-0.05, 0) is 25.3 Å². The molecule has 0 bridgehead atoms. The van der Waals surface area contributed by atoms with Gasteiger partial charge in [-0.1, -0.05) is 13.0 Å². The van der Waals surface area contributed by atoms with Crippen LogP contribution in [0.2, 0.25) is 0 Å². The van der Waals surface area contributed by atoms with Crippen LogP contribution in [0.1, 0.15) is 37.9 Å². The van der Waals surface area contributed by atoms with Crippen LogP contribution in [0.3, 0.4) is 0 Å². The molecule has 18 heavy (non-hydrogen) atoms. The van der Waals surface area contributed by atoms with Crippen molar-refractivity contribution in [1.29, 1.82) is 0 Å². The Bertz CT molecular complexity index is 339. The van der Waals surface area contributed by atoms with E-state index in [1.165, 1.54) is 0 Å². The van der Waals surface area contributed by atoms with Gasteiger partial charge in [-0.3, -0.25) is 4.98 Å². The zero-order valence-electron chi connectivity index (χ0n) is 10.9. The molecule has 1 aromatic heterocycles. The fraction of sp³-hybridized carbons (Fsp3) is 0.643.